The molecule has 0 aliphatic carbocycles. The van der Waals surface area contributed by atoms with E-state index < -0.39 is 6.04 Å². The van der Waals surface area contributed by atoms with Gasteiger partial charge in [-0.2, -0.15) is 0 Å². The summed E-state index contributed by atoms with van der Waals surface area (Å²) in [4.78, 5) is 28.2. The van der Waals surface area contributed by atoms with Crippen LogP contribution in [0.15, 0.2) is 47.1 Å². The molecule has 2 N–H and O–H groups in total. The van der Waals surface area contributed by atoms with E-state index in [1.54, 1.807) is 21.9 Å². The molecule has 1 aromatic heterocycles. The third kappa shape index (κ3) is 3.33. The topological polar surface area (TPSA) is 79.8 Å². The maximum atomic E-state index is 12.6. The summed E-state index contributed by atoms with van der Waals surface area (Å²) in [5.74, 6) is 0.0741. The van der Waals surface area contributed by atoms with E-state index in [9.17, 15) is 9.59 Å². The zero-order valence-corrected chi connectivity index (χ0v) is 13.6. The van der Waals surface area contributed by atoms with E-state index >= 15 is 0 Å². The van der Waals surface area contributed by atoms with Crippen molar-refractivity contribution in [2.24, 2.45) is 5.73 Å². The summed E-state index contributed by atoms with van der Waals surface area (Å²) in [7, 11) is 0. The lowest BCUT2D eigenvalue weighted by atomic mass is 10.0. The van der Waals surface area contributed by atoms with E-state index in [4.69, 9.17) is 10.2 Å². The fraction of sp³-hybridized carbons (Fsp3) is 0.333. The molecule has 2 amide bonds. The second-order valence-electron chi connectivity index (χ2n) is 5.98. The standard InChI is InChI=1S/C18H21N3O3/c1-13-4-6-14(7-5-13)16(19)18(23)21-10-8-20(9-11-21)17(22)15-3-2-12-24-15/h2-7,12,16H,8-11,19H2,1H3. The molecule has 2 heterocycles. The van der Waals surface area contributed by atoms with Crippen LogP contribution in [0.2, 0.25) is 0 Å². The molecular weight excluding hydrogens is 306 g/mol. The Morgan fingerprint density at radius 2 is 1.67 bits per heavy atom. The van der Waals surface area contributed by atoms with Crippen LogP contribution in [0.1, 0.15) is 27.7 Å². The summed E-state index contributed by atoms with van der Waals surface area (Å²) in [6, 6.07) is 10.3. The number of carbonyl (C=O) groups excluding carboxylic acids is 2. The molecule has 6 heteroatoms. The van der Waals surface area contributed by atoms with Crippen LogP contribution in [0, 0.1) is 6.92 Å². The van der Waals surface area contributed by atoms with Gasteiger partial charge < -0.3 is 20.0 Å². The van der Waals surface area contributed by atoms with E-state index in [1.165, 1.54) is 6.26 Å². The molecule has 6 nitrogen and oxygen atoms in total. The van der Waals surface area contributed by atoms with E-state index in [-0.39, 0.29) is 11.8 Å². The van der Waals surface area contributed by atoms with Gasteiger partial charge >= 0.3 is 0 Å². The number of furan rings is 1. The Hall–Kier alpha value is -2.60. The molecule has 24 heavy (non-hydrogen) atoms. The summed E-state index contributed by atoms with van der Waals surface area (Å²) >= 11 is 0. The van der Waals surface area contributed by atoms with Gasteiger partial charge in [0.05, 0.1) is 6.26 Å². The highest BCUT2D eigenvalue weighted by molar-refractivity contribution is 5.91. The van der Waals surface area contributed by atoms with Crippen molar-refractivity contribution < 1.29 is 14.0 Å². The van der Waals surface area contributed by atoms with Crippen LogP contribution in [0.5, 0.6) is 0 Å². The Balaban J connectivity index is 1.58. The van der Waals surface area contributed by atoms with Crippen molar-refractivity contribution in [3.8, 4) is 0 Å². The fourth-order valence-corrected chi connectivity index (χ4v) is 2.80. The van der Waals surface area contributed by atoms with Gasteiger partial charge in [-0.1, -0.05) is 29.8 Å². The quantitative estimate of drug-likeness (QED) is 0.928. The summed E-state index contributed by atoms with van der Waals surface area (Å²) in [6.07, 6.45) is 1.48. The Bertz CT molecular complexity index is 702. The van der Waals surface area contributed by atoms with Gasteiger partial charge in [0.15, 0.2) is 5.76 Å². The number of piperazine rings is 1. The zero-order valence-electron chi connectivity index (χ0n) is 13.6. The number of aryl methyl sites for hydroxylation is 1. The maximum Gasteiger partial charge on any atom is 0.289 e. The van der Waals surface area contributed by atoms with Crippen molar-refractivity contribution in [2.45, 2.75) is 13.0 Å². The summed E-state index contributed by atoms with van der Waals surface area (Å²) in [5, 5.41) is 0. The lowest BCUT2D eigenvalue weighted by Gasteiger charge is -2.35. The molecule has 0 radical (unpaired) electrons. The monoisotopic (exact) mass is 327 g/mol. The smallest absolute Gasteiger partial charge is 0.289 e. The molecule has 1 saturated heterocycles. The Kier molecular flexibility index (Phi) is 4.66. The van der Waals surface area contributed by atoms with Crippen LogP contribution in [-0.2, 0) is 4.79 Å². The zero-order chi connectivity index (χ0) is 17.1. The second kappa shape index (κ2) is 6.88. The predicted octanol–water partition coefficient (Wildman–Crippen LogP) is 1.57. The summed E-state index contributed by atoms with van der Waals surface area (Å²) in [5.41, 5.74) is 8.04. The van der Waals surface area contributed by atoms with E-state index in [1.807, 2.05) is 31.2 Å². The van der Waals surface area contributed by atoms with Gasteiger partial charge in [-0.15, -0.1) is 0 Å². The van der Waals surface area contributed by atoms with Crippen molar-refractivity contribution in [3.05, 3.63) is 59.5 Å². The minimum absolute atomic E-state index is 0.107. The Morgan fingerprint density at radius 1 is 1.04 bits per heavy atom. The van der Waals surface area contributed by atoms with Crippen LogP contribution in [0.25, 0.3) is 0 Å². The van der Waals surface area contributed by atoms with Gasteiger partial charge in [0, 0.05) is 26.2 Å². The fourth-order valence-electron chi connectivity index (χ4n) is 2.80. The molecule has 1 aromatic carbocycles. The average molecular weight is 327 g/mol. The van der Waals surface area contributed by atoms with Crippen LogP contribution in [0.4, 0.5) is 0 Å². The van der Waals surface area contributed by atoms with Crippen LogP contribution in [0.3, 0.4) is 0 Å². The molecule has 1 aliphatic rings. The Labute approximate surface area is 140 Å². The lowest BCUT2D eigenvalue weighted by Crippen LogP contribution is -2.52. The Morgan fingerprint density at radius 3 is 2.25 bits per heavy atom. The number of hydrogen-bond acceptors (Lipinski definition) is 4. The van der Waals surface area contributed by atoms with E-state index in [0.29, 0.717) is 31.9 Å². The number of carbonyl (C=O) groups is 2. The highest BCUT2D eigenvalue weighted by Crippen LogP contribution is 2.16. The molecule has 1 aliphatic heterocycles. The summed E-state index contributed by atoms with van der Waals surface area (Å²) < 4.78 is 5.14. The third-order valence-electron chi connectivity index (χ3n) is 4.31. The van der Waals surface area contributed by atoms with Crippen molar-refractivity contribution in [2.75, 3.05) is 26.2 Å². The minimum Gasteiger partial charge on any atom is -0.459 e. The average Bonchev–Trinajstić information content (AvgIpc) is 3.15. The molecule has 0 bridgehead atoms. The van der Waals surface area contributed by atoms with Crippen LogP contribution in [-0.4, -0.2) is 47.8 Å². The molecule has 3 rings (SSSR count). The first-order valence-corrected chi connectivity index (χ1v) is 8.00. The first kappa shape index (κ1) is 16.3. The molecule has 1 unspecified atom stereocenters. The van der Waals surface area contributed by atoms with Gasteiger partial charge in [0.1, 0.15) is 6.04 Å². The molecule has 0 saturated carbocycles. The number of nitrogens with two attached hydrogens (primary N) is 1. The number of benzene rings is 1. The van der Waals surface area contributed by atoms with E-state index in [2.05, 4.69) is 0 Å². The van der Waals surface area contributed by atoms with Crippen molar-refractivity contribution >= 4 is 11.8 Å². The van der Waals surface area contributed by atoms with Crippen LogP contribution < -0.4 is 5.73 Å². The summed E-state index contributed by atoms with van der Waals surface area (Å²) in [6.45, 7) is 3.90. The number of amides is 2. The first-order chi connectivity index (χ1) is 11.6. The van der Waals surface area contributed by atoms with E-state index in [0.717, 1.165) is 11.1 Å². The molecular formula is C18H21N3O3. The molecule has 0 spiro atoms. The maximum absolute atomic E-state index is 12.6. The third-order valence-corrected chi connectivity index (χ3v) is 4.31. The molecule has 2 aromatic rings. The lowest BCUT2D eigenvalue weighted by molar-refractivity contribution is -0.134. The van der Waals surface area contributed by atoms with Gasteiger partial charge in [-0.05, 0) is 24.6 Å². The van der Waals surface area contributed by atoms with Crippen molar-refractivity contribution in [1.29, 1.82) is 0 Å². The first-order valence-electron chi connectivity index (χ1n) is 8.00. The predicted molar refractivity (Wildman–Crippen MR) is 89.3 cm³/mol. The van der Waals surface area contributed by atoms with Crippen molar-refractivity contribution in [1.82, 2.24) is 9.80 Å². The molecule has 1 atom stereocenters. The van der Waals surface area contributed by atoms with Gasteiger partial charge in [0.2, 0.25) is 5.91 Å². The van der Waals surface area contributed by atoms with Crippen LogP contribution >= 0.6 is 0 Å². The van der Waals surface area contributed by atoms with Crippen molar-refractivity contribution in [3.63, 3.8) is 0 Å². The normalized spacial score (nSPS) is 16.1. The van der Waals surface area contributed by atoms with Gasteiger partial charge in [-0.25, -0.2) is 0 Å². The SMILES string of the molecule is Cc1ccc(C(N)C(=O)N2CCN(C(=O)c3ccco3)CC2)cc1. The highest BCUT2D eigenvalue weighted by Gasteiger charge is 2.28. The molecule has 126 valence electrons. The minimum atomic E-state index is -0.669. The largest absolute Gasteiger partial charge is 0.459 e. The van der Waals surface area contributed by atoms with Gasteiger partial charge in [-0.3, -0.25) is 9.59 Å². The highest BCUT2D eigenvalue weighted by atomic mass is 16.3. The number of hydrogen-bond donors (Lipinski definition) is 1. The number of rotatable bonds is 3. The van der Waals surface area contributed by atoms with Gasteiger partial charge in [0.25, 0.3) is 5.91 Å². The second-order valence-corrected chi connectivity index (χ2v) is 5.98. The molecule has 1 fully saturated rings. The number of nitrogens with zero attached hydrogens (tertiary/aromatic N) is 2.